The van der Waals surface area contributed by atoms with Crippen LogP contribution in [-0.2, 0) is 25.5 Å². The number of anilines is 1. The highest BCUT2D eigenvalue weighted by Crippen LogP contribution is 2.30. The molecule has 3 N–H and O–H groups in total. The van der Waals surface area contributed by atoms with Crippen molar-refractivity contribution in [3.8, 4) is 16.9 Å². The summed E-state index contributed by atoms with van der Waals surface area (Å²) in [6.45, 7) is 1.77. The van der Waals surface area contributed by atoms with E-state index in [9.17, 15) is 18.8 Å². The van der Waals surface area contributed by atoms with Crippen LogP contribution in [0, 0.1) is 12.7 Å². The Labute approximate surface area is 239 Å². The second-order valence-corrected chi connectivity index (χ2v) is 9.75. The standard InChI is InChI=1S/C28H26ClFN6O5/c1-15-18(12-32-36(15)23-5-3-4-19(29)26(23)30)28(39)35-22-14-41-9-8-24(37)33-20-10-16(11-25(38)40-2)6-7-17(20)21-13-31-27(22)34-21/h3-7,10,12-13,22H,8-9,11,14H2,1-2H3,(H,31,34)(H,33,37)(H,35,39)/t22-/m0/s1. The molecule has 0 saturated carbocycles. The van der Waals surface area contributed by atoms with Crippen LogP contribution in [0.1, 0.15) is 39.9 Å². The Morgan fingerprint density at radius 3 is 2.90 bits per heavy atom. The minimum absolute atomic E-state index is 0.0347. The molecule has 5 rings (SSSR count). The van der Waals surface area contributed by atoms with Crippen LogP contribution in [0.3, 0.4) is 0 Å². The number of carbonyl (C=O) groups is 3. The molecule has 1 atom stereocenters. The summed E-state index contributed by atoms with van der Waals surface area (Å²) >= 11 is 5.92. The topological polar surface area (TPSA) is 140 Å². The van der Waals surface area contributed by atoms with Gasteiger partial charge in [0, 0.05) is 5.56 Å². The van der Waals surface area contributed by atoms with Crippen LogP contribution in [0.4, 0.5) is 10.1 Å². The number of amides is 2. The number of H-pyrrole nitrogens is 1. The van der Waals surface area contributed by atoms with E-state index >= 15 is 0 Å². The fourth-order valence-electron chi connectivity index (χ4n) is 4.46. The number of benzene rings is 2. The Bertz CT molecular complexity index is 1630. The van der Waals surface area contributed by atoms with Gasteiger partial charge in [-0.15, -0.1) is 0 Å². The molecule has 4 aromatic rings. The maximum absolute atomic E-state index is 14.6. The van der Waals surface area contributed by atoms with Gasteiger partial charge in [0.25, 0.3) is 5.91 Å². The van der Waals surface area contributed by atoms with Gasteiger partial charge >= 0.3 is 5.97 Å². The molecular formula is C28H26ClFN6O5. The summed E-state index contributed by atoms with van der Waals surface area (Å²) < 4.78 is 26.4. The number of fused-ring (bicyclic) bond motifs is 4. The van der Waals surface area contributed by atoms with Gasteiger partial charge in [-0.05, 0) is 30.7 Å². The zero-order valence-corrected chi connectivity index (χ0v) is 22.9. The fraction of sp³-hybridized carbons (Fsp3) is 0.250. The molecule has 0 unspecified atom stereocenters. The second kappa shape index (κ2) is 11.9. The molecule has 2 aromatic carbocycles. The zero-order chi connectivity index (χ0) is 29.1. The first-order valence-electron chi connectivity index (χ1n) is 12.7. The number of halogens is 2. The van der Waals surface area contributed by atoms with Gasteiger partial charge in [0.05, 0.1) is 73.2 Å². The number of nitrogens with zero attached hydrogens (tertiary/aromatic N) is 3. The Hall–Kier alpha value is -4.55. The third-order valence-corrected chi connectivity index (χ3v) is 6.92. The van der Waals surface area contributed by atoms with Crippen LogP contribution >= 0.6 is 11.6 Å². The Morgan fingerprint density at radius 1 is 1.27 bits per heavy atom. The van der Waals surface area contributed by atoms with Gasteiger partial charge < -0.3 is 25.1 Å². The average Bonchev–Trinajstić information content (AvgIpc) is 3.59. The summed E-state index contributed by atoms with van der Waals surface area (Å²) in [4.78, 5) is 45.4. The van der Waals surface area contributed by atoms with Crippen LogP contribution in [0.15, 0.2) is 48.8 Å². The molecule has 0 spiro atoms. The SMILES string of the molecule is COC(=O)Cc1ccc2c(c1)NC(=O)CCOC[C@H](NC(=O)c1cnn(-c3cccc(Cl)c3F)c1C)c1ncc-2[nH]1. The molecule has 1 aliphatic heterocycles. The van der Waals surface area contributed by atoms with Gasteiger partial charge in [-0.25, -0.2) is 14.1 Å². The highest BCUT2D eigenvalue weighted by molar-refractivity contribution is 6.30. The maximum Gasteiger partial charge on any atom is 0.309 e. The van der Waals surface area contributed by atoms with Crippen LogP contribution in [0.2, 0.25) is 5.02 Å². The van der Waals surface area contributed by atoms with Crippen molar-refractivity contribution in [1.82, 2.24) is 25.1 Å². The number of hydrogen-bond donors (Lipinski definition) is 3. The van der Waals surface area contributed by atoms with E-state index in [4.69, 9.17) is 21.1 Å². The lowest BCUT2D eigenvalue weighted by atomic mass is 10.0. The first-order valence-corrected chi connectivity index (χ1v) is 13.1. The first kappa shape index (κ1) is 28.0. The molecule has 41 heavy (non-hydrogen) atoms. The summed E-state index contributed by atoms with van der Waals surface area (Å²) in [5.41, 5.74) is 3.14. The third-order valence-electron chi connectivity index (χ3n) is 6.63. The minimum Gasteiger partial charge on any atom is -0.469 e. The Morgan fingerprint density at radius 2 is 2.10 bits per heavy atom. The summed E-state index contributed by atoms with van der Waals surface area (Å²) in [6.07, 6.45) is 3.05. The molecular weight excluding hydrogens is 555 g/mol. The molecule has 1 aliphatic rings. The minimum atomic E-state index is -0.702. The molecule has 0 fully saturated rings. The normalized spacial score (nSPS) is 15.2. The number of rotatable bonds is 5. The summed E-state index contributed by atoms with van der Waals surface area (Å²) in [6, 6.07) is 9.08. The van der Waals surface area contributed by atoms with E-state index < -0.39 is 23.7 Å². The number of carbonyl (C=O) groups excluding carboxylic acids is 3. The van der Waals surface area contributed by atoms with Crippen molar-refractivity contribution >= 4 is 35.1 Å². The number of imidazole rings is 1. The number of aromatic amines is 1. The Balaban J connectivity index is 1.43. The molecule has 212 valence electrons. The summed E-state index contributed by atoms with van der Waals surface area (Å²) in [5.74, 6) is -1.38. The predicted octanol–water partition coefficient (Wildman–Crippen LogP) is 3.91. The van der Waals surface area contributed by atoms with E-state index in [2.05, 4.69) is 25.7 Å². The lowest BCUT2D eigenvalue weighted by molar-refractivity contribution is -0.139. The van der Waals surface area contributed by atoms with Crippen molar-refractivity contribution in [1.29, 1.82) is 0 Å². The van der Waals surface area contributed by atoms with E-state index in [1.54, 1.807) is 37.4 Å². The number of esters is 1. The van der Waals surface area contributed by atoms with Crippen molar-refractivity contribution in [2.75, 3.05) is 25.6 Å². The van der Waals surface area contributed by atoms with Gasteiger partial charge in [-0.2, -0.15) is 5.10 Å². The fourth-order valence-corrected chi connectivity index (χ4v) is 4.63. The third kappa shape index (κ3) is 5.98. The van der Waals surface area contributed by atoms with Gasteiger partial charge in [-0.1, -0.05) is 29.8 Å². The smallest absolute Gasteiger partial charge is 0.309 e. The summed E-state index contributed by atoms with van der Waals surface area (Å²) in [5, 5.41) is 9.91. The Kier molecular flexibility index (Phi) is 8.13. The predicted molar refractivity (Wildman–Crippen MR) is 147 cm³/mol. The van der Waals surface area contributed by atoms with Gasteiger partial charge in [-0.3, -0.25) is 14.4 Å². The lowest BCUT2D eigenvalue weighted by Crippen LogP contribution is -2.33. The quantitative estimate of drug-likeness (QED) is 0.304. The van der Waals surface area contributed by atoms with E-state index in [0.717, 1.165) is 0 Å². The van der Waals surface area contributed by atoms with Crippen molar-refractivity contribution in [3.63, 3.8) is 0 Å². The van der Waals surface area contributed by atoms with Crippen LogP contribution in [0.25, 0.3) is 16.9 Å². The van der Waals surface area contributed by atoms with E-state index in [1.807, 2.05) is 0 Å². The van der Waals surface area contributed by atoms with Crippen molar-refractivity contribution in [2.24, 2.45) is 0 Å². The lowest BCUT2D eigenvalue weighted by Gasteiger charge is -2.18. The molecule has 2 amide bonds. The van der Waals surface area contributed by atoms with Crippen molar-refractivity contribution < 1.29 is 28.2 Å². The van der Waals surface area contributed by atoms with Crippen LogP contribution in [-0.4, -0.2) is 57.9 Å². The molecule has 0 saturated heterocycles. The monoisotopic (exact) mass is 580 g/mol. The highest BCUT2D eigenvalue weighted by atomic mass is 35.5. The van der Waals surface area contributed by atoms with Crippen LogP contribution in [0.5, 0.6) is 0 Å². The molecule has 2 aromatic heterocycles. The van der Waals surface area contributed by atoms with Gasteiger partial charge in [0.1, 0.15) is 17.6 Å². The van der Waals surface area contributed by atoms with Crippen LogP contribution < -0.4 is 10.6 Å². The number of aromatic nitrogens is 4. The summed E-state index contributed by atoms with van der Waals surface area (Å²) in [7, 11) is 1.31. The molecule has 0 aliphatic carbocycles. The van der Waals surface area contributed by atoms with Crippen molar-refractivity contribution in [3.05, 3.63) is 82.3 Å². The number of hydrogen-bond acceptors (Lipinski definition) is 7. The largest absolute Gasteiger partial charge is 0.469 e. The maximum atomic E-state index is 14.6. The van der Waals surface area contributed by atoms with E-state index in [-0.39, 0.29) is 48.2 Å². The average molecular weight is 581 g/mol. The van der Waals surface area contributed by atoms with Crippen molar-refractivity contribution in [2.45, 2.75) is 25.8 Å². The first-order chi connectivity index (χ1) is 19.7. The van der Waals surface area contributed by atoms with E-state index in [0.29, 0.717) is 34.0 Å². The molecule has 3 heterocycles. The molecule has 13 heteroatoms. The second-order valence-electron chi connectivity index (χ2n) is 9.34. The van der Waals surface area contributed by atoms with Gasteiger partial charge in [0.15, 0.2) is 5.82 Å². The number of ether oxygens (including phenoxy) is 2. The zero-order valence-electron chi connectivity index (χ0n) is 22.2. The number of methoxy groups -OCH3 is 1. The van der Waals surface area contributed by atoms with E-state index in [1.165, 1.54) is 30.1 Å². The molecule has 11 nitrogen and oxygen atoms in total. The van der Waals surface area contributed by atoms with Gasteiger partial charge in [0.2, 0.25) is 5.91 Å². The number of nitrogens with one attached hydrogen (secondary N) is 3. The highest BCUT2D eigenvalue weighted by Gasteiger charge is 2.24. The molecule has 0 radical (unpaired) electrons. The molecule has 2 bridgehead atoms.